The minimum absolute atomic E-state index is 0.327. The summed E-state index contributed by atoms with van der Waals surface area (Å²) in [5.74, 6) is -0.654. The molecule has 0 radical (unpaired) electrons. The van der Waals surface area contributed by atoms with E-state index in [0.717, 1.165) is 58.9 Å². The van der Waals surface area contributed by atoms with Crippen molar-refractivity contribution >= 4 is 44.8 Å². The molecule has 2 amide bonds. The first kappa shape index (κ1) is 18.0. The first-order valence-electron chi connectivity index (χ1n) is 10.6. The molecule has 5 heteroatoms. The average molecular weight is 407 g/mol. The third-order valence-electron chi connectivity index (χ3n) is 6.29. The Hall–Kier alpha value is -3.86. The third-order valence-corrected chi connectivity index (χ3v) is 6.29. The molecule has 0 fully saturated rings. The van der Waals surface area contributed by atoms with Gasteiger partial charge in [0.1, 0.15) is 0 Å². The summed E-state index contributed by atoms with van der Waals surface area (Å²) >= 11 is 0. The van der Waals surface area contributed by atoms with Crippen LogP contribution in [0.5, 0.6) is 0 Å². The number of rotatable bonds is 0. The van der Waals surface area contributed by atoms with Crippen molar-refractivity contribution in [3.05, 3.63) is 84.2 Å². The Morgan fingerprint density at radius 1 is 0.645 bits per heavy atom. The number of benzene rings is 2. The first-order valence-corrected chi connectivity index (χ1v) is 10.6. The van der Waals surface area contributed by atoms with E-state index in [1.807, 2.05) is 48.8 Å². The summed E-state index contributed by atoms with van der Waals surface area (Å²) < 4.78 is 4.37. The number of aryl methyl sites for hydroxylation is 2. The number of amides is 2. The van der Waals surface area contributed by atoms with Crippen LogP contribution in [-0.4, -0.2) is 20.9 Å². The van der Waals surface area contributed by atoms with Crippen molar-refractivity contribution < 1.29 is 9.59 Å². The third kappa shape index (κ3) is 2.70. The van der Waals surface area contributed by atoms with E-state index in [-0.39, 0.29) is 11.8 Å². The molecule has 4 bridgehead atoms. The summed E-state index contributed by atoms with van der Waals surface area (Å²) in [6.07, 6.45) is 10.3. The van der Waals surface area contributed by atoms with Gasteiger partial charge in [-0.25, -0.2) is 0 Å². The first-order chi connectivity index (χ1) is 15.2. The SMILES string of the molecule is O=C1NC(=O)C2=C1c1cn(c3ccccc13)CC/C=C\CCn1cc2c2ccccc21. The van der Waals surface area contributed by atoms with Crippen LogP contribution < -0.4 is 5.32 Å². The summed E-state index contributed by atoms with van der Waals surface area (Å²) in [4.78, 5) is 26.1. The topological polar surface area (TPSA) is 56.0 Å². The number of nitrogens with one attached hydrogen (secondary N) is 1. The molecule has 0 atom stereocenters. The number of nitrogens with zero attached hydrogens (tertiary/aromatic N) is 2. The summed E-state index contributed by atoms with van der Waals surface area (Å²) in [6, 6.07) is 16.2. The van der Waals surface area contributed by atoms with E-state index < -0.39 is 0 Å². The van der Waals surface area contributed by atoms with Crippen LogP contribution in [0.15, 0.2) is 73.1 Å². The number of allylic oxidation sites excluding steroid dienone is 2. The van der Waals surface area contributed by atoms with Crippen LogP contribution in [0.2, 0.25) is 0 Å². The van der Waals surface area contributed by atoms with Gasteiger partial charge in [-0.1, -0.05) is 48.6 Å². The van der Waals surface area contributed by atoms with Crippen molar-refractivity contribution in [2.24, 2.45) is 0 Å². The Morgan fingerprint density at radius 3 is 1.58 bits per heavy atom. The van der Waals surface area contributed by atoms with Crippen LogP contribution in [0.1, 0.15) is 24.0 Å². The Morgan fingerprint density at radius 2 is 1.10 bits per heavy atom. The second-order valence-corrected chi connectivity index (χ2v) is 8.09. The molecular formula is C26H21N3O2. The lowest BCUT2D eigenvalue weighted by molar-refractivity contribution is -0.122. The largest absolute Gasteiger partial charge is 0.347 e. The Kier molecular flexibility index (Phi) is 3.96. The van der Waals surface area contributed by atoms with Crippen LogP contribution in [0.4, 0.5) is 0 Å². The van der Waals surface area contributed by atoms with Crippen LogP contribution in [0.25, 0.3) is 33.0 Å². The molecule has 152 valence electrons. The van der Waals surface area contributed by atoms with Crippen molar-refractivity contribution in [1.29, 1.82) is 0 Å². The molecular weight excluding hydrogens is 386 g/mol. The summed E-state index contributed by atoms with van der Waals surface area (Å²) in [7, 11) is 0. The van der Waals surface area contributed by atoms with Crippen LogP contribution >= 0.6 is 0 Å². The number of hydrogen-bond donors (Lipinski definition) is 1. The molecule has 0 unspecified atom stereocenters. The van der Waals surface area contributed by atoms with Gasteiger partial charge >= 0.3 is 0 Å². The highest BCUT2D eigenvalue weighted by molar-refractivity contribution is 6.50. The van der Waals surface area contributed by atoms with Crippen LogP contribution in [0, 0.1) is 0 Å². The average Bonchev–Trinajstić information content (AvgIpc) is 3.41. The fraction of sp³-hybridized carbons (Fsp3) is 0.154. The molecule has 0 spiro atoms. The number of carbonyl (C=O) groups excluding carboxylic acids is 2. The van der Waals surface area contributed by atoms with Crippen LogP contribution in [0.3, 0.4) is 0 Å². The smallest absolute Gasteiger partial charge is 0.259 e. The minimum Gasteiger partial charge on any atom is -0.347 e. The molecule has 0 saturated heterocycles. The van der Waals surface area contributed by atoms with Crippen molar-refractivity contribution in [1.82, 2.24) is 14.5 Å². The highest BCUT2D eigenvalue weighted by atomic mass is 16.2. The Labute approximate surface area is 179 Å². The van der Waals surface area contributed by atoms with Gasteiger partial charge in [0.2, 0.25) is 0 Å². The number of imide groups is 1. The zero-order valence-electron chi connectivity index (χ0n) is 17.0. The number of fused-ring (bicyclic) bond motifs is 12. The van der Waals surface area contributed by atoms with Gasteiger partial charge in [0.05, 0.1) is 11.1 Å². The molecule has 2 aliphatic rings. The van der Waals surface area contributed by atoms with Crippen molar-refractivity contribution in [3.63, 3.8) is 0 Å². The number of para-hydroxylation sites is 2. The summed E-state index contributed by atoms with van der Waals surface area (Å²) in [5, 5.41) is 4.53. The monoisotopic (exact) mass is 407 g/mol. The van der Waals surface area contributed by atoms with Crippen molar-refractivity contribution in [3.8, 4) is 0 Å². The minimum atomic E-state index is -0.327. The molecule has 4 heterocycles. The summed E-state index contributed by atoms with van der Waals surface area (Å²) in [5.41, 5.74) is 4.70. The van der Waals surface area contributed by atoms with E-state index in [1.165, 1.54) is 0 Å². The fourth-order valence-corrected chi connectivity index (χ4v) is 4.89. The Bertz CT molecular complexity index is 1340. The van der Waals surface area contributed by atoms with E-state index in [0.29, 0.717) is 11.1 Å². The molecule has 2 aromatic carbocycles. The molecule has 0 aliphatic carbocycles. The van der Waals surface area contributed by atoms with Gasteiger partial charge in [-0.05, 0) is 25.0 Å². The van der Waals surface area contributed by atoms with Gasteiger partial charge in [0, 0.05) is 58.4 Å². The molecule has 5 nitrogen and oxygen atoms in total. The molecule has 1 N–H and O–H groups in total. The van der Waals surface area contributed by atoms with Crippen molar-refractivity contribution in [2.75, 3.05) is 0 Å². The van der Waals surface area contributed by atoms with Gasteiger partial charge in [-0.3, -0.25) is 14.9 Å². The van der Waals surface area contributed by atoms with Gasteiger partial charge in [-0.2, -0.15) is 0 Å². The lowest BCUT2D eigenvalue weighted by Gasteiger charge is -2.04. The highest BCUT2D eigenvalue weighted by Crippen LogP contribution is 2.39. The highest BCUT2D eigenvalue weighted by Gasteiger charge is 2.35. The quantitative estimate of drug-likeness (QED) is 0.344. The van der Waals surface area contributed by atoms with E-state index in [2.05, 4.69) is 38.7 Å². The summed E-state index contributed by atoms with van der Waals surface area (Å²) in [6.45, 7) is 1.64. The second-order valence-electron chi connectivity index (χ2n) is 8.09. The molecule has 2 aliphatic heterocycles. The second kappa shape index (κ2) is 6.84. The van der Waals surface area contributed by atoms with E-state index >= 15 is 0 Å². The lowest BCUT2D eigenvalue weighted by atomic mass is 9.95. The molecule has 4 aromatic rings. The van der Waals surface area contributed by atoms with Gasteiger partial charge in [0.25, 0.3) is 11.8 Å². The van der Waals surface area contributed by atoms with Gasteiger partial charge < -0.3 is 9.13 Å². The van der Waals surface area contributed by atoms with E-state index in [1.54, 1.807) is 0 Å². The maximum absolute atomic E-state index is 13.0. The van der Waals surface area contributed by atoms with Crippen molar-refractivity contribution in [2.45, 2.75) is 25.9 Å². The molecule has 6 rings (SSSR count). The maximum atomic E-state index is 13.0. The predicted octanol–water partition coefficient (Wildman–Crippen LogP) is 4.51. The fourth-order valence-electron chi connectivity index (χ4n) is 4.89. The number of hydrogen-bond acceptors (Lipinski definition) is 2. The molecule has 2 aromatic heterocycles. The van der Waals surface area contributed by atoms with Gasteiger partial charge in [-0.15, -0.1) is 0 Å². The normalized spacial score (nSPS) is 17.7. The lowest BCUT2D eigenvalue weighted by Crippen LogP contribution is -2.22. The predicted molar refractivity (Wildman–Crippen MR) is 122 cm³/mol. The van der Waals surface area contributed by atoms with Crippen LogP contribution in [-0.2, 0) is 22.7 Å². The standard InChI is InChI=1S/C26H21N3O2/c30-25-23-19-15-28(21-11-5-3-9-17(19)21)13-7-1-2-8-14-29-16-20(24(23)26(31)27-25)18-10-4-6-12-22(18)29/h1-6,9-12,15-16H,7-8,13-14H2,(H,27,30,31)/b2-1-. The molecule has 31 heavy (non-hydrogen) atoms. The van der Waals surface area contributed by atoms with E-state index in [9.17, 15) is 9.59 Å². The number of aromatic nitrogens is 2. The number of carbonyl (C=O) groups is 2. The van der Waals surface area contributed by atoms with E-state index in [4.69, 9.17) is 0 Å². The maximum Gasteiger partial charge on any atom is 0.259 e. The molecule has 0 saturated carbocycles. The van der Waals surface area contributed by atoms with Gasteiger partial charge in [0.15, 0.2) is 0 Å². The zero-order valence-corrected chi connectivity index (χ0v) is 17.0. The zero-order chi connectivity index (χ0) is 20.9. The Balaban J connectivity index is 1.72.